The molecule has 0 aromatic heterocycles. The van der Waals surface area contributed by atoms with E-state index >= 15 is 0 Å². The van der Waals surface area contributed by atoms with Gasteiger partial charge in [-0.05, 0) is 64.0 Å². The van der Waals surface area contributed by atoms with Crippen LogP contribution in [0.15, 0.2) is 56.8 Å². The first kappa shape index (κ1) is 17.9. The van der Waals surface area contributed by atoms with Crippen LogP contribution < -0.4 is 10.6 Å². The van der Waals surface area contributed by atoms with E-state index in [0.717, 1.165) is 28.0 Å². The van der Waals surface area contributed by atoms with Crippen LogP contribution in [0.5, 0.6) is 0 Å². The Morgan fingerprint density at radius 2 is 2.00 bits per heavy atom. The minimum atomic E-state index is 0.470. The summed E-state index contributed by atoms with van der Waals surface area (Å²) >= 11 is 5.34. The molecule has 2 rings (SSSR count). The van der Waals surface area contributed by atoms with Crippen molar-refractivity contribution in [1.82, 2.24) is 0 Å². The summed E-state index contributed by atoms with van der Waals surface area (Å²) in [6.07, 6.45) is 1.00. The highest BCUT2D eigenvalue weighted by Crippen LogP contribution is 2.31. The van der Waals surface area contributed by atoms with Crippen LogP contribution in [0, 0.1) is 0 Å². The highest BCUT2D eigenvalue weighted by atomic mass is 79.9. The molecule has 0 spiro atoms. The molecule has 2 N–H and O–H groups in total. The molecule has 122 valence electrons. The van der Waals surface area contributed by atoms with Crippen molar-refractivity contribution in [2.45, 2.75) is 25.2 Å². The molecule has 3 nitrogen and oxygen atoms in total. The van der Waals surface area contributed by atoms with Crippen LogP contribution in [0.1, 0.15) is 19.4 Å². The SMILES string of the molecule is CCSc1ccc(Br)c(N=C(N)N(C)c2cccc(CC)c2)c1. The number of aryl methyl sites for hydroxylation is 1. The van der Waals surface area contributed by atoms with E-state index in [-0.39, 0.29) is 0 Å². The van der Waals surface area contributed by atoms with Crippen molar-refractivity contribution in [3.8, 4) is 0 Å². The summed E-state index contributed by atoms with van der Waals surface area (Å²) in [5.74, 6) is 1.50. The molecule has 2 aromatic rings. The maximum atomic E-state index is 6.21. The van der Waals surface area contributed by atoms with Gasteiger partial charge in [-0.3, -0.25) is 0 Å². The normalized spacial score (nSPS) is 11.6. The molecule has 0 radical (unpaired) electrons. The number of nitrogens with two attached hydrogens (primary N) is 1. The van der Waals surface area contributed by atoms with Crippen molar-refractivity contribution in [3.05, 3.63) is 52.5 Å². The molecule has 0 bridgehead atoms. The van der Waals surface area contributed by atoms with Gasteiger partial charge in [0.15, 0.2) is 0 Å². The Morgan fingerprint density at radius 3 is 2.70 bits per heavy atom. The highest BCUT2D eigenvalue weighted by molar-refractivity contribution is 9.10. The van der Waals surface area contributed by atoms with Crippen molar-refractivity contribution in [3.63, 3.8) is 0 Å². The van der Waals surface area contributed by atoms with Crippen molar-refractivity contribution in [2.24, 2.45) is 10.7 Å². The number of guanidine groups is 1. The second kappa shape index (κ2) is 8.41. The summed E-state index contributed by atoms with van der Waals surface area (Å²) in [7, 11) is 1.94. The lowest BCUT2D eigenvalue weighted by Gasteiger charge is -2.19. The summed E-state index contributed by atoms with van der Waals surface area (Å²) in [6.45, 7) is 4.28. The highest BCUT2D eigenvalue weighted by Gasteiger charge is 2.08. The second-order valence-electron chi connectivity index (χ2n) is 5.10. The van der Waals surface area contributed by atoms with E-state index in [0.29, 0.717) is 5.96 Å². The fourth-order valence-corrected chi connectivity index (χ4v) is 3.18. The number of anilines is 1. The third-order valence-electron chi connectivity index (χ3n) is 3.51. The van der Waals surface area contributed by atoms with Gasteiger partial charge in [-0.25, -0.2) is 4.99 Å². The molecule has 0 aliphatic heterocycles. The van der Waals surface area contributed by atoms with E-state index in [1.54, 1.807) is 11.8 Å². The zero-order valence-electron chi connectivity index (χ0n) is 13.7. The Balaban J connectivity index is 2.29. The fraction of sp³-hybridized carbons (Fsp3) is 0.278. The van der Waals surface area contributed by atoms with E-state index in [1.165, 1.54) is 10.5 Å². The van der Waals surface area contributed by atoms with Crippen LogP contribution in [0.2, 0.25) is 0 Å². The minimum absolute atomic E-state index is 0.470. The summed E-state index contributed by atoms with van der Waals surface area (Å²) < 4.78 is 0.941. The number of halogens is 1. The molecule has 0 saturated carbocycles. The first-order valence-electron chi connectivity index (χ1n) is 7.64. The van der Waals surface area contributed by atoms with Crippen LogP contribution in [-0.2, 0) is 6.42 Å². The van der Waals surface area contributed by atoms with E-state index < -0.39 is 0 Å². The number of hydrogen-bond acceptors (Lipinski definition) is 2. The van der Waals surface area contributed by atoms with Gasteiger partial charge in [0.05, 0.1) is 5.69 Å². The molecule has 0 aliphatic rings. The molecule has 23 heavy (non-hydrogen) atoms. The third kappa shape index (κ3) is 4.75. The molecule has 0 saturated heterocycles. The number of thioether (sulfide) groups is 1. The predicted octanol–water partition coefficient (Wildman–Crippen LogP) is 5.21. The van der Waals surface area contributed by atoms with Gasteiger partial charge >= 0.3 is 0 Å². The van der Waals surface area contributed by atoms with Crippen molar-refractivity contribution in [2.75, 3.05) is 17.7 Å². The quantitative estimate of drug-likeness (QED) is 0.432. The number of aliphatic imine (C=N–C) groups is 1. The molecule has 0 fully saturated rings. The smallest absolute Gasteiger partial charge is 0.200 e. The van der Waals surface area contributed by atoms with E-state index in [1.807, 2.05) is 30.1 Å². The first-order chi connectivity index (χ1) is 11.0. The average Bonchev–Trinajstić information content (AvgIpc) is 2.57. The Labute approximate surface area is 151 Å². The van der Waals surface area contributed by atoms with Gasteiger partial charge in [-0.15, -0.1) is 11.8 Å². The third-order valence-corrected chi connectivity index (χ3v) is 5.06. The zero-order chi connectivity index (χ0) is 16.8. The van der Waals surface area contributed by atoms with Crippen molar-refractivity contribution < 1.29 is 0 Å². The van der Waals surface area contributed by atoms with Gasteiger partial charge in [0.25, 0.3) is 0 Å². The van der Waals surface area contributed by atoms with Crippen LogP contribution in [0.25, 0.3) is 0 Å². The molecule has 0 amide bonds. The largest absolute Gasteiger partial charge is 0.369 e. The predicted molar refractivity (Wildman–Crippen MR) is 106 cm³/mol. The zero-order valence-corrected chi connectivity index (χ0v) is 16.1. The molecular formula is C18H22BrN3S. The van der Waals surface area contributed by atoms with E-state index in [2.05, 4.69) is 59.0 Å². The molecule has 0 atom stereocenters. The summed E-state index contributed by atoms with van der Waals surface area (Å²) in [5, 5.41) is 0. The van der Waals surface area contributed by atoms with Gasteiger partial charge in [0.2, 0.25) is 5.96 Å². The molecule has 0 heterocycles. The van der Waals surface area contributed by atoms with Crippen LogP contribution in [-0.4, -0.2) is 18.8 Å². The lowest BCUT2D eigenvalue weighted by molar-refractivity contribution is 1.13. The summed E-state index contributed by atoms with van der Waals surface area (Å²) in [5.41, 5.74) is 9.39. The second-order valence-corrected chi connectivity index (χ2v) is 7.29. The number of hydrogen-bond donors (Lipinski definition) is 1. The molecule has 0 aliphatic carbocycles. The minimum Gasteiger partial charge on any atom is -0.369 e. The summed E-state index contributed by atoms with van der Waals surface area (Å²) in [6, 6.07) is 14.5. The lowest BCUT2D eigenvalue weighted by Crippen LogP contribution is -2.33. The average molecular weight is 392 g/mol. The maximum absolute atomic E-state index is 6.21. The molecule has 2 aromatic carbocycles. The van der Waals surface area contributed by atoms with Crippen molar-refractivity contribution in [1.29, 1.82) is 0 Å². The van der Waals surface area contributed by atoms with E-state index in [9.17, 15) is 0 Å². The van der Waals surface area contributed by atoms with E-state index in [4.69, 9.17) is 5.73 Å². The van der Waals surface area contributed by atoms with Gasteiger partial charge in [0, 0.05) is 22.1 Å². The maximum Gasteiger partial charge on any atom is 0.200 e. The monoisotopic (exact) mass is 391 g/mol. The Bertz CT molecular complexity index is 700. The fourth-order valence-electron chi connectivity index (χ4n) is 2.15. The van der Waals surface area contributed by atoms with Gasteiger partial charge in [-0.2, -0.15) is 0 Å². The van der Waals surface area contributed by atoms with Gasteiger partial charge < -0.3 is 10.6 Å². The Morgan fingerprint density at radius 1 is 1.22 bits per heavy atom. The van der Waals surface area contributed by atoms with Crippen LogP contribution >= 0.6 is 27.7 Å². The summed E-state index contributed by atoms with van der Waals surface area (Å²) in [4.78, 5) is 7.69. The topological polar surface area (TPSA) is 41.6 Å². The lowest BCUT2D eigenvalue weighted by atomic mass is 10.1. The molecule has 0 unspecified atom stereocenters. The van der Waals surface area contributed by atoms with Crippen LogP contribution in [0.3, 0.4) is 0 Å². The van der Waals surface area contributed by atoms with Crippen molar-refractivity contribution >= 4 is 45.0 Å². The standard InChI is InChI=1S/C18H22BrN3S/c1-4-13-7-6-8-14(11-13)22(3)18(20)21-17-12-15(23-5-2)9-10-16(17)19/h6-12H,4-5H2,1-3H3,(H2,20,21). The number of rotatable bonds is 5. The molecule has 5 heteroatoms. The van der Waals surface area contributed by atoms with Crippen LogP contribution in [0.4, 0.5) is 11.4 Å². The first-order valence-corrected chi connectivity index (χ1v) is 9.42. The Kier molecular flexibility index (Phi) is 6.54. The van der Waals surface area contributed by atoms with Gasteiger partial charge in [0.1, 0.15) is 0 Å². The molecular weight excluding hydrogens is 370 g/mol. The Hall–Kier alpha value is -1.46. The van der Waals surface area contributed by atoms with Gasteiger partial charge in [-0.1, -0.05) is 26.0 Å². The number of benzene rings is 2. The number of nitrogens with zero attached hydrogens (tertiary/aromatic N) is 2.